The van der Waals surface area contributed by atoms with Gasteiger partial charge in [0.1, 0.15) is 11.5 Å². The third-order valence-electron chi connectivity index (χ3n) is 3.66. The lowest BCUT2D eigenvalue weighted by Crippen LogP contribution is -2.20. The molecular formula is C14H18O4. The fourth-order valence-corrected chi connectivity index (χ4v) is 2.34. The lowest BCUT2D eigenvalue weighted by Gasteiger charge is -2.18. The molecule has 0 atom stereocenters. The molecule has 0 amide bonds. The van der Waals surface area contributed by atoms with Crippen LogP contribution < -0.4 is 9.47 Å². The zero-order valence-corrected chi connectivity index (χ0v) is 10.9. The molecule has 4 heteroatoms. The van der Waals surface area contributed by atoms with Gasteiger partial charge in [0.15, 0.2) is 0 Å². The number of carboxylic acid groups (broad SMARTS) is 1. The van der Waals surface area contributed by atoms with E-state index in [4.69, 9.17) is 9.47 Å². The van der Waals surface area contributed by atoms with Gasteiger partial charge in [0, 0.05) is 11.6 Å². The summed E-state index contributed by atoms with van der Waals surface area (Å²) in [6, 6.07) is 3.70. The Morgan fingerprint density at radius 3 is 2.28 bits per heavy atom. The van der Waals surface area contributed by atoms with Crippen LogP contribution in [0.25, 0.3) is 0 Å². The number of hydrogen-bond acceptors (Lipinski definition) is 3. The van der Waals surface area contributed by atoms with E-state index in [-0.39, 0.29) is 0 Å². The molecule has 0 aliphatic heterocycles. The van der Waals surface area contributed by atoms with Crippen molar-refractivity contribution in [2.75, 3.05) is 14.2 Å². The highest BCUT2D eigenvalue weighted by Gasteiger charge is 2.53. The molecular weight excluding hydrogens is 232 g/mol. The van der Waals surface area contributed by atoms with Gasteiger partial charge in [-0.15, -0.1) is 0 Å². The van der Waals surface area contributed by atoms with E-state index in [0.717, 1.165) is 23.3 Å². The van der Waals surface area contributed by atoms with Crippen LogP contribution in [0, 0.1) is 0 Å². The molecule has 2 rings (SSSR count). The van der Waals surface area contributed by atoms with Gasteiger partial charge in [-0.2, -0.15) is 0 Å². The maximum absolute atomic E-state index is 11.4. The van der Waals surface area contributed by atoms with E-state index in [1.807, 2.05) is 13.0 Å². The molecule has 0 saturated heterocycles. The van der Waals surface area contributed by atoms with Crippen LogP contribution in [0.2, 0.25) is 0 Å². The quantitative estimate of drug-likeness (QED) is 0.871. The Morgan fingerprint density at radius 2 is 1.89 bits per heavy atom. The summed E-state index contributed by atoms with van der Waals surface area (Å²) in [5.74, 6) is 0.580. The lowest BCUT2D eigenvalue weighted by molar-refractivity contribution is -0.140. The zero-order valence-electron chi connectivity index (χ0n) is 10.9. The van der Waals surface area contributed by atoms with E-state index in [1.165, 1.54) is 0 Å². The molecule has 0 bridgehead atoms. The van der Waals surface area contributed by atoms with E-state index < -0.39 is 11.4 Å². The van der Waals surface area contributed by atoms with Crippen LogP contribution in [0.4, 0.5) is 0 Å². The molecule has 1 saturated carbocycles. The van der Waals surface area contributed by atoms with Gasteiger partial charge in [-0.1, -0.05) is 6.92 Å². The smallest absolute Gasteiger partial charge is 0.314 e. The first-order chi connectivity index (χ1) is 8.58. The summed E-state index contributed by atoms with van der Waals surface area (Å²) in [5.41, 5.74) is 1.04. The fourth-order valence-electron chi connectivity index (χ4n) is 2.34. The molecule has 1 N–H and O–H groups in total. The summed E-state index contributed by atoms with van der Waals surface area (Å²) < 4.78 is 10.6. The average Bonchev–Trinajstić information content (AvgIpc) is 3.18. The summed E-state index contributed by atoms with van der Waals surface area (Å²) in [6.07, 6.45) is 2.15. The summed E-state index contributed by atoms with van der Waals surface area (Å²) in [7, 11) is 3.17. The Hall–Kier alpha value is -1.71. The summed E-state index contributed by atoms with van der Waals surface area (Å²) >= 11 is 0. The second-order valence-corrected chi connectivity index (χ2v) is 4.61. The van der Waals surface area contributed by atoms with E-state index in [2.05, 4.69) is 0 Å². The van der Waals surface area contributed by atoms with Crippen molar-refractivity contribution >= 4 is 5.97 Å². The summed E-state index contributed by atoms with van der Waals surface area (Å²) in [5, 5.41) is 9.38. The normalized spacial score (nSPS) is 16.2. The standard InChI is InChI=1S/C14H18O4/c1-4-9-7-10(14(5-6-14)13(15)16)12(18-3)8-11(9)17-2/h7-8H,4-6H2,1-3H3,(H,15,16). The second-order valence-electron chi connectivity index (χ2n) is 4.61. The molecule has 4 nitrogen and oxygen atoms in total. The number of aliphatic carboxylic acids is 1. The minimum absolute atomic E-state index is 0.601. The molecule has 1 aliphatic carbocycles. The average molecular weight is 250 g/mol. The van der Waals surface area contributed by atoms with Crippen LogP contribution in [0.3, 0.4) is 0 Å². The Morgan fingerprint density at radius 1 is 1.28 bits per heavy atom. The molecule has 0 unspecified atom stereocenters. The summed E-state index contributed by atoms with van der Waals surface area (Å²) in [6.45, 7) is 2.02. The highest BCUT2D eigenvalue weighted by molar-refractivity contribution is 5.86. The SMILES string of the molecule is CCc1cc(C2(C(=O)O)CC2)c(OC)cc1OC. The highest BCUT2D eigenvalue weighted by Crippen LogP contribution is 2.52. The monoisotopic (exact) mass is 250 g/mol. The van der Waals surface area contributed by atoms with Crippen LogP contribution in [0.15, 0.2) is 12.1 Å². The van der Waals surface area contributed by atoms with Crippen molar-refractivity contribution < 1.29 is 19.4 Å². The minimum Gasteiger partial charge on any atom is -0.496 e. The minimum atomic E-state index is -0.770. The van der Waals surface area contributed by atoms with Crippen molar-refractivity contribution in [2.45, 2.75) is 31.6 Å². The predicted octanol–water partition coefficient (Wildman–Crippen LogP) is 2.38. The van der Waals surface area contributed by atoms with Crippen molar-refractivity contribution in [3.63, 3.8) is 0 Å². The topological polar surface area (TPSA) is 55.8 Å². The van der Waals surface area contributed by atoms with Crippen molar-refractivity contribution in [2.24, 2.45) is 0 Å². The third kappa shape index (κ3) is 1.82. The number of benzene rings is 1. The second kappa shape index (κ2) is 4.52. The first kappa shape index (κ1) is 12.7. The predicted molar refractivity (Wildman–Crippen MR) is 67.5 cm³/mol. The Labute approximate surface area is 107 Å². The van der Waals surface area contributed by atoms with Crippen LogP contribution in [0.1, 0.15) is 30.9 Å². The largest absolute Gasteiger partial charge is 0.496 e. The Balaban J connectivity index is 2.56. The van der Waals surface area contributed by atoms with Crippen molar-refractivity contribution in [3.05, 3.63) is 23.3 Å². The van der Waals surface area contributed by atoms with Gasteiger partial charge in [0.25, 0.3) is 0 Å². The molecule has 0 heterocycles. The van der Waals surface area contributed by atoms with Crippen molar-refractivity contribution in [1.29, 1.82) is 0 Å². The Bertz CT molecular complexity index is 475. The highest BCUT2D eigenvalue weighted by atomic mass is 16.5. The number of aryl methyl sites for hydroxylation is 1. The molecule has 98 valence electrons. The number of methoxy groups -OCH3 is 2. The maximum atomic E-state index is 11.4. The van der Waals surface area contributed by atoms with E-state index in [0.29, 0.717) is 18.6 Å². The number of rotatable bonds is 5. The molecule has 1 fully saturated rings. The number of hydrogen-bond donors (Lipinski definition) is 1. The molecule has 0 radical (unpaired) electrons. The molecule has 1 aliphatic rings. The van der Waals surface area contributed by atoms with Crippen molar-refractivity contribution in [1.82, 2.24) is 0 Å². The van der Waals surface area contributed by atoms with E-state index in [1.54, 1.807) is 20.3 Å². The zero-order chi connectivity index (χ0) is 13.3. The van der Waals surface area contributed by atoms with E-state index >= 15 is 0 Å². The van der Waals surface area contributed by atoms with Gasteiger partial charge in [-0.05, 0) is 30.9 Å². The van der Waals surface area contributed by atoms with Gasteiger partial charge in [-0.3, -0.25) is 4.79 Å². The van der Waals surface area contributed by atoms with Gasteiger partial charge in [0.2, 0.25) is 0 Å². The molecule has 0 spiro atoms. The molecule has 0 aromatic heterocycles. The Kier molecular flexibility index (Phi) is 3.20. The van der Waals surface area contributed by atoms with Gasteiger partial charge in [-0.25, -0.2) is 0 Å². The lowest BCUT2D eigenvalue weighted by atomic mass is 9.92. The van der Waals surface area contributed by atoms with Crippen LogP contribution in [-0.2, 0) is 16.6 Å². The summed E-state index contributed by atoms with van der Waals surface area (Å²) in [4.78, 5) is 11.4. The number of carboxylic acids is 1. The first-order valence-electron chi connectivity index (χ1n) is 6.07. The molecule has 1 aromatic rings. The maximum Gasteiger partial charge on any atom is 0.314 e. The first-order valence-corrected chi connectivity index (χ1v) is 6.07. The fraction of sp³-hybridized carbons (Fsp3) is 0.500. The molecule has 1 aromatic carbocycles. The molecule has 18 heavy (non-hydrogen) atoms. The van der Waals surface area contributed by atoms with Gasteiger partial charge >= 0.3 is 5.97 Å². The van der Waals surface area contributed by atoms with Gasteiger partial charge in [0.05, 0.1) is 19.6 Å². The van der Waals surface area contributed by atoms with Crippen LogP contribution in [-0.4, -0.2) is 25.3 Å². The van der Waals surface area contributed by atoms with Crippen LogP contribution >= 0.6 is 0 Å². The number of ether oxygens (including phenoxy) is 2. The van der Waals surface area contributed by atoms with Crippen LogP contribution in [0.5, 0.6) is 11.5 Å². The van der Waals surface area contributed by atoms with Gasteiger partial charge < -0.3 is 14.6 Å². The number of carbonyl (C=O) groups is 1. The van der Waals surface area contributed by atoms with Crippen molar-refractivity contribution in [3.8, 4) is 11.5 Å². The van der Waals surface area contributed by atoms with E-state index in [9.17, 15) is 9.90 Å². The third-order valence-corrected chi connectivity index (χ3v) is 3.66.